The van der Waals surface area contributed by atoms with E-state index >= 15 is 0 Å². The zero-order valence-corrected chi connectivity index (χ0v) is 64.2. The first-order valence-electron chi connectivity index (χ1n) is 40.1. The summed E-state index contributed by atoms with van der Waals surface area (Å²) < 4.78 is 30.0. The van der Waals surface area contributed by atoms with Gasteiger partial charge < -0.3 is 26.8 Å². The second-order valence-electron chi connectivity index (χ2n) is 30.4. The van der Waals surface area contributed by atoms with Crippen LogP contribution < -0.4 is 0 Å². The van der Waals surface area contributed by atoms with Crippen LogP contribution in [-0.2, 0) is 0 Å². The van der Waals surface area contributed by atoms with Gasteiger partial charge in [0.15, 0.2) is 34.9 Å². The first kappa shape index (κ1) is 68.0. The summed E-state index contributed by atoms with van der Waals surface area (Å²) in [7, 11) is 0. The molecule has 0 radical (unpaired) electrons. The van der Waals surface area contributed by atoms with Crippen molar-refractivity contribution < 1.29 is 17.7 Å². The minimum atomic E-state index is 0.621. The zero-order valence-electron chi connectivity index (χ0n) is 64.2. The molecule has 120 heavy (non-hydrogen) atoms. The number of rotatable bonds is 11. The Morgan fingerprint density at radius 2 is 0.392 bits per heavy atom. The normalized spacial score (nSPS) is 11.8. The van der Waals surface area contributed by atoms with Crippen LogP contribution in [0.3, 0.4) is 0 Å². The minimum absolute atomic E-state index is 0.621. The Bertz CT molecular complexity index is 8310. The van der Waals surface area contributed by atoms with Gasteiger partial charge in [0.05, 0.1) is 22.1 Å². The van der Waals surface area contributed by atoms with E-state index in [4.69, 9.17) is 47.6 Å². The number of benzene rings is 17. The van der Waals surface area contributed by atoms with Crippen LogP contribution in [0.15, 0.2) is 406 Å². The van der Waals surface area contributed by atoms with Gasteiger partial charge in [0, 0.05) is 109 Å². The highest BCUT2D eigenvalue weighted by molar-refractivity contribution is 6.18. The second kappa shape index (κ2) is 27.7. The molecule has 25 aromatic rings. The van der Waals surface area contributed by atoms with Crippen molar-refractivity contribution in [2.24, 2.45) is 0 Å². The number of para-hydroxylation sites is 4. The van der Waals surface area contributed by atoms with Gasteiger partial charge in [-0.1, -0.05) is 261 Å². The van der Waals surface area contributed by atoms with Crippen LogP contribution in [0.1, 0.15) is 0 Å². The van der Waals surface area contributed by atoms with Crippen LogP contribution in [0.5, 0.6) is 0 Å². The van der Waals surface area contributed by atoms with E-state index in [1.165, 1.54) is 21.5 Å². The van der Waals surface area contributed by atoms with Crippen LogP contribution in [0.4, 0.5) is 0 Å². The molecule has 0 aliphatic rings. The molecule has 17 aromatic carbocycles. The smallest absolute Gasteiger partial charge is 0.164 e. The van der Waals surface area contributed by atoms with Crippen molar-refractivity contribution in [3.05, 3.63) is 388 Å². The monoisotopic (exact) mass is 1540 g/mol. The predicted molar refractivity (Wildman–Crippen MR) is 486 cm³/mol. The first-order chi connectivity index (χ1) is 59.4. The standard InChI is InChI=1S/C57H34N4O2.C51H30N4O2/c1-3-13-35(14-4-1)55-58-56(36-15-5-2-6-16-36)60-57(59-55)41-19-11-17-37(29-41)38-18-12-20-42(30-38)61-49-23-9-7-21-43(49)45-31-39(25-27-50(45)61)40-26-28-52-46(32-40)48-34-53-47(33-54(48)63-52)44-22-8-10-24-51(44)62-53;1-3-12-31(13-4-1)49-52-50(32-14-5-2-6-15-32)54-51(53-49)35-16-11-17-36(26-35)55-43-20-9-7-18-37(43)39-27-33(22-24-44(39)55)34-23-25-46-40(28-34)42-30-47-41(29-48(42)57-46)38-19-8-10-21-45(38)56-47/h1-34H;1-30H. The van der Waals surface area contributed by atoms with Gasteiger partial charge in [0.25, 0.3) is 0 Å². The van der Waals surface area contributed by atoms with Crippen molar-refractivity contribution in [2.45, 2.75) is 0 Å². The van der Waals surface area contributed by atoms with E-state index in [0.29, 0.717) is 34.9 Å². The molecule has 12 nitrogen and oxygen atoms in total. The lowest BCUT2D eigenvalue weighted by Crippen LogP contribution is -2.01. The van der Waals surface area contributed by atoms with Crippen molar-refractivity contribution >= 4 is 131 Å². The SMILES string of the molecule is c1ccc(-c2nc(-c3ccccc3)nc(-c3cccc(-c4cccc(-n5c6ccccc6c6cc(-c7ccc8oc9cc%10c(cc9c8c7)oc7ccccc7%10)ccc65)c4)c3)n2)cc1.c1ccc(-c2nc(-c3ccccc3)nc(-c3cccc(-n4c5ccccc5c5cc(-c6ccc7oc8cc9c(cc8c7c6)oc6ccccc69)ccc54)c3)n2)cc1. The predicted octanol–water partition coefficient (Wildman–Crippen LogP) is 28.5. The molecule has 8 aromatic heterocycles. The topological polar surface area (TPSA) is 140 Å². The minimum Gasteiger partial charge on any atom is -0.456 e. The highest BCUT2D eigenvalue weighted by Crippen LogP contribution is 2.45. The Labute approximate surface area is 685 Å². The number of hydrogen-bond donors (Lipinski definition) is 0. The molecular weight excluding hydrogens is 1470 g/mol. The van der Waals surface area contributed by atoms with E-state index in [-0.39, 0.29) is 0 Å². The molecule has 0 spiro atoms. The summed E-state index contributed by atoms with van der Waals surface area (Å²) in [5.41, 5.74) is 25.8. The summed E-state index contributed by atoms with van der Waals surface area (Å²) in [6, 6.07) is 135. The summed E-state index contributed by atoms with van der Waals surface area (Å²) >= 11 is 0. The summed E-state index contributed by atoms with van der Waals surface area (Å²) in [5, 5.41) is 13.3. The Morgan fingerprint density at radius 3 is 0.792 bits per heavy atom. The molecule has 25 rings (SSSR count). The molecule has 560 valence electrons. The van der Waals surface area contributed by atoms with Crippen LogP contribution in [-0.4, -0.2) is 39.0 Å². The molecule has 0 aliphatic heterocycles. The lowest BCUT2D eigenvalue weighted by atomic mass is 10.0. The van der Waals surface area contributed by atoms with Gasteiger partial charge in [0.2, 0.25) is 0 Å². The van der Waals surface area contributed by atoms with Gasteiger partial charge in [-0.05, 0) is 161 Å². The third-order valence-corrected chi connectivity index (χ3v) is 23.3. The van der Waals surface area contributed by atoms with Crippen LogP contribution in [0.25, 0.3) is 244 Å². The number of hydrogen-bond acceptors (Lipinski definition) is 10. The summed E-state index contributed by atoms with van der Waals surface area (Å²) in [4.78, 5) is 29.8. The Hall–Kier alpha value is -16.4. The highest BCUT2D eigenvalue weighted by atomic mass is 16.3. The van der Waals surface area contributed by atoms with Crippen molar-refractivity contribution in [1.82, 2.24) is 39.0 Å². The molecule has 0 fully saturated rings. The molecular formula is C108H64N8O4. The summed E-state index contributed by atoms with van der Waals surface area (Å²) in [6.45, 7) is 0. The van der Waals surface area contributed by atoms with E-state index in [1.54, 1.807) is 0 Å². The van der Waals surface area contributed by atoms with Crippen molar-refractivity contribution in [1.29, 1.82) is 0 Å². The third-order valence-electron chi connectivity index (χ3n) is 23.3. The largest absolute Gasteiger partial charge is 0.456 e. The molecule has 0 bridgehead atoms. The fourth-order valence-electron chi connectivity index (χ4n) is 17.5. The van der Waals surface area contributed by atoms with E-state index in [1.807, 2.05) is 158 Å². The van der Waals surface area contributed by atoms with Crippen molar-refractivity contribution in [2.75, 3.05) is 0 Å². The van der Waals surface area contributed by atoms with Gasteiger partial charge in [0.1, 0.15) is 44.7 Å². The van der Waals surface area contributed by atoms with Crippen LogP contribution in [0.2, 0.25) is 0 Å². The van der Waals surface area contributed by atoms with Gasteiger partial charge >= 0.3 is 0 Å². The molecule has 0 saturated carbocycles. The fourth-order valence-corrected chi connectivity index (χ4v) is 17.5. The van der Waals surface area contributed by atoms with E-state index in [2.05, 4.69) is 240 Å². The Kier molecular flexibility index (Phi) is 15.7. The van der Waals surface area contributed by atoms with Gasteiger partial charge in [-0.2, -0.15) is 0 Å². The van der Waals surface area contributed by atoms with E-state index < -0.39 is 0 Å². The number of furan rings is 4. The molecule has 0 amide bonds. The fraction of sp³-hybridized carbons (Fsp3) is 0. The van der Waals surface area contributed by atoms with Gasteiger partial charge in [-0.3, -0.25) is 0 Å². The third kappa shape index (κ3) is 11.6. The van der Waals surface area contributed by atoms with E-state index in [9.17, 15) is 0 Å². The lowest BCUT2D eigenvalue weighted by Gasteiger charge is -2.12. The van der Waals surface area contributed by atoms with Gasteiger partial charge in [-0.15, -0.1) is 0 Å². The van der Waals surface area contributed by atoms with E-state index in [0.717, 1.165) is 188 Å². The molecule has 12 heteroatoms. The maximum atomic E-state index is 6.41. The number of nitrogens with zero attached hydrogens (tertiary/aromatic N) is 8. The maximum absolute atomic E-state index is 6.41. The van der Waals surface area contributed by atoms with Crippen LogP contribution in [0, 0.1) is 0 Å². The molecule has 0 aliphatic carbocycles. The van der Waals surface area contributed by atoms with Crippen molar-refractivity contribution in [3.8, 4) is 113 Å². The molecule has 0 atom stereocenters. The second-order valence-corrected chi connectivity index (χ2v) is 30.4. The van der Waals surface area contributed by atoms with Gasteiger partial charge in [-0.25, -0.2) is 29.9 Å². The van der Waals surface area contributed by atoms with Crippen LogP contribution >= 0.6 is 0 Å². The average Bonchev–Trinajstić information content (AvgIpc) is 1.59. The molecule has 0 saturated heterocycles. The lowest BCUT2D eigenvalue weighted by molar-refractivity contribution is 0.664. The maximum Gasteiger partial charge on any atom is 0.164 e. The summed E-state index contributed by atoms with van der Waals surface area (Å²) in [5.74, 6) is 3.80. The molecule has 0 unspecified atom stereocenters. The zero-order chi connectivity index (χ0) is 78.9. The number of aromatic nitrogens is 8. The average molecular weight is 1540 g/mol. The van der Waals surface area contributed by atoms with Crippen molar-refractivity contribution in [3.63, 3.8) is 0 Å². The first-order valence-corrected chi connectivity index (χ1v) is 40.1. The Balaban J connectivity index is 0.000000137. The molecule has 8 heterocycles. The molecule has 0 N–H and O–H groups in total. The Morgan fingerprint density at radius 1 is 0.142 bits per heavy atom. The highest BCUT2D eigenvalue weighted by Gasteiger charge is 2.23. The quantitative estimate of drug-likeness (QED) is 0.123. The summed E-state index contributed by atoms with van der Waals surface area (Å²) in [6.07, 6.45) is 0. The number of fused-ring (bicyclic) bond motifs is 18.